The highest BCUT2D eigenvalue weighted by atomic mass is 79.9. The minimum atomic E-state index is 0.367. The molecular weight excluding hydrogens is 316 g/mol. The van der Waals surface area contributed by atoms with Gasteiger partial charge < -0.3 is 15.0 Å². The Bertz CT molecular complexity index is 432. The van der Waals surface area contributed by atoms with Crippen LogP contribution in [0.1, 0.15) is 38.3 Å². The van der Waals surface area contributed by atoms with E-state index in [9.17, 15) is 0 Å². The van der Waals surface area contributed by atoms with E-state index >= 15 is 0 Å². The molecule has 1 saturated heterocycles. The molecule has 3 nitrogen and oxygen atoms in total. The van der Waals surface area contributed by atoms with Gasteiger partial charge >= 0.3 is 0 Å². The maximum Gasteiger partial charge on any atom is 0.0750 e. The van der Waals surface area contributed by atoms with Crippen molar-refractivity contribution in [1.82, 2.24) is 5.32 Å². The lowest BCUT2D eigenvalue weighted by Crippen LogP contribution is -2.28. The molecule has 2 unspecified atom stereocenters. The number of hydrogen-bond donors (Lipinski definition) is 1. The summed E-state index contributed by atoms with van der Waals surface area (Å²) in [5.41, 5.74) is 2.54. The molecule has 1 aromatic rings. The molecule has 2 atom stereocenters. The van der Waals surface area contributed by atoms with Crippen LogP contribution in [0, 0.1) is 0 Å². The Kier molecular flexibility index (Phi) is 5.87. The number of likely N-dealkylation sites (N-methyl/N-ethyl adjacent to an activating group) is 1. The van der Waals surface area contributed by atoms with Gasteiger partial charge in [-0.05, 0) is 44.0 Å². The zero-order valence-corrected chi connectivity index (χ0v) is 14.2. The summed E-state index contributed by atoms with van der Waals surface area (Å²) in [5, 5.41) is 3.45. The summed E-state index contributed by atoms with van der Waals surface area (Å²) >= 11 is 3.70. The molecule has 1 N–H and O–H groups in total. The van der Waals surface area contributed by atoms with Gasteiger partial charge in [-0.15, -0.1) is 0 Å². The third-order valence-electron chi connectivity index (χ3n) is 3.90. The van der Waals surface area contributed by atoms with Crippen molar-refractivity contribution in [3.8, 4) is 0 Å². The van der Waals surface area contributed by atoms with Crippen LogP contribution in [0.15, 0.2) is 22.7 Å². The molecule has 112 valence electrons. The van der Waals surface area contributed by atoms with E-state index in [0.29, 0.717) is 12.1 Å². The molecule has 0 saturated carbocycles. The van der Waals surface area contributed by atoms with Gasteiger partial charge in [-0.1, -0.05) is 28.9 Å². The Labute approximate surface area is 130 Å². The second kappa shape index (κ2) is 7.43. The zero-order chi connectivity index (χ0) is 14.5. The van der Waals surface area contributed by atoms with Crippen molar-refractivity contribution in [2.75, 3.05) is 31.6 Å². The minimum absolute atomic E-state index is 0.367. The molecule has 0 bridgehead atoms. The molecule has 0 aromatic heterocycles. The molecule has 0 amide bonds. The summed E-state index contributed by atoms with van der Waals surface area (Å²) in [6.07, 6.45) is 2.77. The van der Waals surface area contributed by atoms with Crippen molar-refractivity contribution in [3.05, 3.63) is 28.2 Å². The highest BCUT2D eigenvalue weighted by Crippen LogP contribution is 2.28. The second-order valence-corrected chi connectivity index (χ2v) is 6.36. The molecule has 20 heavy (non-hydrogen) atoms. The van der Waals surface area contributed by atoms with E-state index in [4.69, 9.17) is 4.74 Å². The summed E-state index contributed by atoms with van der Waals surface area (Å²) in [5.74, 6) is 0. The van der Waals surface area contributed by atoms with E-state index in [0.717, 1.165) is 19.7 Å². The van der Waals surface area contributed by atoms with Crippen molar-refractivity contribution in [2.45, 2.75) is 38.8 Å². The van der Waals surface area contributed by atoms with E-state index in [1.807, 2.05) is 0 Å². The predicted octanol–water partition coefficient (Wildman–Crippen LogP) is 3.73. The molecule has 4 heteroatoms. The quantitative estimate of drug-likeness (QED) is 0.853. The normalized spacial score (nSPS) is 20.1. The molecule has 1 heterocycles. The minimum Gasteiger partial charge on any atom is -0.376 e. The Morgan fingerprint density at radius 3 is 2.90 bits per heavy atom. The first-order chi connectivity index (χ1) is 9.61. The summed E-state index contributed by atoms with van der Waals surface area (Å²) < 4.78 is 6.87. The van der Waals surface area contributed by atoms with Gasteiger partial charge in [0.2, 0.25) is 0 Å². The molecule has 0 radical (unpaired) electrons. The van der Waals surface area contributed by atoms with E-state index in [-0.39, 0.29) is 0 Å². The fourth-order valence-electron chi connectivity index (χ4n) is 2.72. The molecule has 1 fully saturated rings. The van der Waals surface area contributed by atoms with Crippen molar-refractivity contribution < 1.29 is 4.74 Å². The molecule has 1 aliphatic rings. The van der Waals surface area contributed by atoms with E-state index in [1.54, 1.807) is 0 Å². The number of benzene rings is 1. The molecule has 1 aromatic carbocycles. The van der Waals surface area contributed by atoms with Gasteiger partial charge in [0.25, 0.3) is 0 Å². The third kappa shape index (κ3) is 3.96. The predicted molar refractivity (Wildman–Crippen MR) is 88.5 cm³/mol. The van der Waals surface area contributed by atoms with Crippen LogP contribution in [0.4, 0.5) is 5.69 Å². The van der Waals surface area contributed by atoms with Crippen LogP contribution in [-0.2, 0) is 4.74 Å². The Hall–Kier alpha value is -0.580. The van der Waals surface area contributed by atoms with Crippen LogP contribution in [0.5, 0.6) is 0 Å². The number of rotatable bonds is 6. The highest BCUT2D eigenvalue weighted by molar-refractivity contribution is 9.10. The van der Waals surface area contributed by atoms with Crippen molar-refractivity contribution in [1.29, 1.82) is 0 Å². The van der Waals surface area contributed by atoms with E-state index < -0.39 is 0 Å². The van der Waals surface area contributed by atoms with Gasteiger partial charge in [0.1, 0.15) is 0 Å². The first-order valence-corrected chi connectivity index (χ1v) is 8.26. The third-order valence-corrected chi connectivity index (χ3v) is 4.59. The van der Waals surface area contributed by atoms with E-state index in [1.165, 1.54) is 28.6 Å². The Morgan fingerprint density at radius 1 is 1.50 bits per heavy atom. The van der Waals surface area contributed by atoms with Crippen LogP contribution < -0.4 is 10.2 Å². The molecule has 0 spiro atoms. The standard InChI is InChI=1S/C16H25BrN2O/c1-4-18-12(2)15-8-7-13(10-16(15)17)19(3)11-14-6-5-9-20-14/h7-8,10,12,14,18H,4-6,9,11H2,1-3H3. The first-order valence-electron chi connectivity index (χ1n) is 7.47. The van der Waals surface area contributed by atoms with Gasteiger partial charge in [-0.3, -0.25) is 0 Å². The summed E-state index contributed by atoms with van der Waals surface area (Å²) in [4.78, 5) is 2.28. The maximum atomic E-state index is 5.71. The van der Waals surface area contributed by atoms with Crippen molar-refractivity contribution in [2.24, 2.45) is 0 Å². The SMILES string of the molecule is CCNC(C)c1ccc(N(C)CC2CCCO2)cc1Br. The van der Waals surface area contributed by atoms with Crippen LogP contribution in [0.3, 0.4) is 0 Å². The number of hydrogen-bond acceptors (Lipinski definition) is 3. The van der Waals surface area contributed by atoms with E-state index in [2.05, 4.69) is 65.2 Å². The number of nitrogens with one attached hydrogen (secondary N) is 1. The molecule has 0 aliphatic carbocycles. The fourth-order valence-corrected chi connectivity index (χ4v) is 3.43. The van der Waals surface area contributed by atoms with Crippen LogP contribution in [-0.4, -0.2) is 32.8 Å². The smallest absolute Gasteiger partial charge is 0.0750 e. The van der Waals surface area contributed by atoms with Crippen molar-refractivity contribution in [3.63, 3.8) is 0 Å². The lowest BCUT2D eigenvalue weighted by atomic mass is 10.1. The number of halogens is 1. The van der Waals surface area contributed by atoms with Crippen LogP contribution in [0.2, 0.25) is 0 Å². The topological polar surface area (TPSA) is 24.5 Å². The summed E-state index contributed by atoms with van der Waals surface area (Å²) in [7, 11) is 2.14. The van der Waals surface area contributed by atoms with Gasteiger partial charge in [0.05, 0.1) is 6.10 Å². The maximum absolute atomic E-state index is 5.71. The van der Waals surface area contributed by atoms with Gasteiger partial charge in [-0.25, -0.2) is 0 Å². The Balaban J connectivity index is 2.03. The average molecular weight is 341 g/mol. The number of nitrogens with zero attached hydrogens (tertiary/aromatic N) is 1. The van der Waals surface area contributed by atoms with Crippen molar-refractivity contribution >= 4 is 21.6 Å². The summed E-state index contributed by atoms with van der Waals surface area (Å²) in [6.45, 7) is 7.19. The second-order valence-electron chi connectivity index (χ2n) is 5.50. The monoisotopic (exact) mass is 340 g/mol. The number of ether oxygens (including phenoxy) is 1. The highest BCUT2D eigenvalue weighted by Gasteiger charge is 2.18. The zero-order valence-electron chi connectivity index (χ0n) is 12.7. The molecule has 1 aliphatic heterocycles. The lowest BCUT2D eigenvalue weighted by molar-refractivity contribution is 0.116. The van der Waals surface area contributed by atoms with Gasteiger partial charge in [-0.2, -0.15) is 0 Å². The molecule has 2 rings (SSSR count). The fraction of sp³-hybridized carbons (Fsp3) is 0.625. The van der Waals surface area contributed by atoms with Gasteiger partial charge in [0.15, 0.2) is 0 Å². The number of anilines is 1. The largest absolute Gasteiger partial charge is 0.376 e. The van der Waals surface area contributed by atoms with Gasteiger partial charge in [0, 0.05) is 36.4 Å². The average Bonchev–Trinajstić information content (AvgIpc) is 2.91. The lowest BCUT2D eigenvalue weighted by Gasteiger charge is -2.24. The van der Waals surface area contributed by atoms with Crippen LogP contribution >= 0.6 is 15.9 Å². The summed E-state index contributed by atoms with van der Waals surface area (Å²) in [6, 6.07) is 6.98. The molecular formula is C16H25BrN2O. The first kappa shape index (κ1) is 15.8. The Morgan fingerprint density at radius 2 is 2.30 bits per heavy atom. The van der Waals surface area contributed by atoms with Crippen LogP contribution in [0.25, 0.3) is 0 Å².